The Bertz CT molecular complexity index is 2320. The van der Waals surface area contributed by atoms with Crippen molar-refractivity contribution in [3.63, 3.8) is 0 Å². The Morgan fingerprint density at radius 2 is 1.77 bits per heavy atom. The van der Waals surface area contributed by atoms with Crippen LogP contribution in [0.5, 0.6) is 17.2 Å². The molecule has 12 heteroatoms. The van der Waals surface area contributed by atoms with Crippen LogP contribution in [0.4, 0.5) is 0 Å². The summed E-state index contributed by atoms with van der Waals surface area (Å²) in [5.41, 5.74) is 3.94. The van der Waals surface area contributed by atoms with Crippen LogP contribution in [0, 0.1) is 5.92 Å². The van der Waals surface area contributed by atoms with Gasteiger partial charge in [-0.15, -0.1) is 0 Å². The Labute approximate surface area is 305 Å². The number of allylic oxidation sites excluding steroid dienone is 1. The average Bonchev–Trinajstić information content (AvgIpc) is 3.68. The predicted octanol–water partition coefficient (Wildman–Crippen LogP) is 6.01. The number of carbonyl (C=O) groups excluding carboxylic acids is 2. The molecule has 0 radical (unpaired) electrons. The maximum absolute atomic E-state index is 14.5. The van der Waals surface area contributed by atoms with Gasteiger partial charge in [-0.05, 0) is 86.4 Å². The van der Waals surface area contributed by atoms with Gasteiger partial charge in [0.25, 0.3) is 5.56 Å². The molecule has 1 aliphatic heterocycles. The highest BCUT2D eigenvalue weighted by atomic mass is 32.1. The van der Waals surface area contributed by atoms with E-state index in [1.165, 1.54) is 29.9 Å². The lowest BCUT2D eigenvalue weighted by molar-refractivity contribution is -0.139. The second-order valence-corrected chi connectivity index (χ2v) is 13.6. The minimum atomic E-state index is -0.896. The van der Waals surface area contributed by atoms with Crippen molar-refractivity contribution >= 4 is 29.4 Å². The number of esters is 2. The first-order chi connectivity index (χ1) is 25.1. The van der Waals surface area contributed by atoms with Crippen LogP contribution in [0.15, 0.2) is 100 Å². The van der Waals surface area contributed by atoms with Crippen LogP contribution in [-0.4, -0.2) is 46.6 Å². The molecule has 0 saturated carbocycles. The molecular weight excluding hydrogens is 681 g/mol. The standard InChI is InChI=1S/C40H40N4O7S/c1-7-49-39(47)35-25(4)41-40-44(37(35)28-15-18-32(51-26(5)45)33(21-28)48-6)38(46)34(52-40)22-29-23-43(30-11-9-8-10-12-30)42-36(29)27-13-16-31(17-14-27)50-20-19-24(2)3/h8-18,21-24,37H,7,19-20H2,1-6H3. The van der Waals surface area contributed by atoms with Gasteiger partial charge in [-0.25, -0.2) is 14.5 Å². The summed E-state index contributed by atoms with van der Waals surface area (Å²) in [5.74, 6) is 0.690. The molecule has 0 bridgehead atoms. The Kier molecular flexibility index (Phi) is 10.8. The Morgan fingerprint density at radius 1 is 1.02 bits per heavy atom. The van der Waals surface area contributed by atoms with Crippen molar-refractivity contribution in [2.24, 2.45) is 10.9 Å². The number of thiazole rings is 1. The van der Waals surface area contributed by atoms with Crippen molar-refractivity contribution < 1.29 is 28.5 Å². The van der Waals surface area contributed by atoms with Gasteiger partial charge in [0.2, 0.25) is 0 Å². The fourth-order valence-electron chi connectivity index (χ4n) is 5.89. The third-order valence-corrected chi connectivity index (χ3v) is 9.40. The molecule has 2 aromatic heterocycles. The van der Waals surface area contributed by atoms with Gasteiger partial charge < -0.3 is 18.9 Å². The Morgan fingerprint density at radius 3 is 2.44 bits per heavy atom. The molecule has 0 aliphatic carbocycles. The highest BCUT2D eigenvalue weighted by molar-refractivity contribution is 7.07. The van der Waals surface area contributed by atoms with Gasteiger partial charge in [-0.2, -0.15) is 5.10 Å². The maximum atomic E-state index is 14.5. The molecular formula is C40H40N4O7S. The van der Waals surface area contributed by atoms with E-state index in [0.29, 0.717) is 44.4 Å². The number of nitrogens with zero attached hydrogens (tertiary/aromatic N) is 4. The molecule has 268 valence electrons. The van der Waals surface area contributed by atoms with E-state index in [1.807, 2.05) is 66.9 Å². The molecule has 1 aliphatic rings. The van der Waals surface area contributed by atoms with Gasteiger partial charge in [0.1, 0.15) is 11.4 Å². The van der Waals surface area contributed by atoms with E-state index in [1.54, 1.807) is 36.7 Å². The highest BCUT2D eigenvalue weighted by Gasteiger charge is 2.34. The number of rotatable bonds is 12. The first-order valence-electron chi connectivity index (χ1n) is 17.0. The van der Waals surface area contributed by atoms with Crippen molar-refractivity contribution in [1.29, 1.82) is 0 Å². The quantitative estimate of drug-likeness (QED) is 0.114. The first-order valence-corrected chi connectivity index (χ1v) is 17.8. The summed E-state index contributed by atoms with van der Waals surface area (Å²) >= 11 is 1.21. The summed E-state index contributed by atoms with van der Waals surface area (Å²) in [7, 11) is 1.45. The van der Waals surface area contributed by atoms with Crippen molar-refractivity contribution in [3.8, 4) is 34.2 Å². The third-order valence-electron chi connectivity index (χ3n) is 8.42. The topological polar surface area (TPSA) is 123 Å². The molecule has 52 heavy (non-hydrogen) atoms. The monoisotopic (exact) mass is 720 g/mol. The van der Waals surface area contributed by atoms with Crippen molar-refractivity contribution in [2.75, 3.05) is 20.3 Å². The fraction of sp³-hybridized carbons (Fsp3) is 0.275. The van der Waals surface area contributed by atoms with E-state index < -0.39 is 18.0 Å². The molecule has 0 amide bonds. The van der Waals surface area contributed by atoms with Gasteiger partial charge in [-0.1, -0.05) is 49.4 Å². The fourth-order valence-corrected chi connectivity index (χ4v) is 6.93. The molecule has 3 aromatic carbocycles. The van der Waals surface area contributed by atoms with Gasteiger partial charge >= 0.3 is 11.9 Å². The number of fused-ring (bicyclic) bond motifs is 1. The minimum absolute atomic E-state index is 0.140. The van der Waals surface area contributed by atoms with E-state index in [9.17, 15) is 14.4 Å². The zero-order valence-electron chi connectivity index (χ0n) is 29.9. The largest absolute Gasteiger partial charge is 0.494 e. The molecule has 0 saturated heterocycles. The van der Waals surface area contributed by atoms with Crippen molar-refractivity contribution in [3.05, 3.63) is 121 Å². The normalized spacial score (nSPS) is 14.2. The Hall–Kier alpha value is -5.75. The number of methoxy groups -OCH3 is 1. The van der Waals surface area contributed by atoms with Crippen LogP contribution in [0.25, 0.3) is 23.0 Å². The number of hydrogen-bond donors (Lipinski definition) is 0. The van der Waals surface area contributed by atoms with Crippen LogP contribution >= 0.6 is 11.3 Å². The predicted molar refractivity (Wildman–Crippen MR) is 199 cm³/mol. The lowest BCUT2D eigenvalue weighted by atomic mass is 9.95. The molecule has 0 N–H and O–H groups in total. The van der Waals surface area contributed by atoms with E-state index >= 15 is 0 Å². The lowest BCUT2D eigenvalue weighted by Crippen LogP contribution is -2.40. The van der Waals surface area contributed by atoms with Gasteiger partial charge in [0.15, 0.2) is 16.3 Å². The van der Waals surface area contributed by atoms with Gasteiger partial charge in [0.05, 0.1) is 47.9 Å². The lowest BCUT2D eigenvalue weighted by Gasteiger charge is -2.25. The van der Waals surface area contributed by atoms with Crippen molar-refractivity contribution in [1.82, 2.24) is 14.3 Å². The third kappa shape index (κ3) is 7.62. The van der Waals surface area contributed by atoms with E-state index in [0.717, 1.165) is 23.4 Å². The van der Waals surface area contributed by atoms with E-state index in [-0.39, 0.29) is 29.2 Å². The zero-order chi connectivity index (χ0) is 36.9. The highest BCUT2D eigenvalue weighted by Crippen LogP contribution is 2.36. The molecule has 0 fully saturated rings. The molecule has 1 unspecified atom stereocenters. The van der Waals surface area contributed by atoms with E-state index in [4.69, 9.17) is 29.0 Å². The van der Waals surface area contributed by atoms with Crippen LogP contribution < -0.4 is 29.1 Å². The summed E-state index contributed by atoms with van der Waals surface area (Å²) in [5, 5.41) is 4.95. The molecule has 11 nitrogen and oxygen atoms in total. The Balaban J connectivity index is 1.49. The summed E-state index contributed by atoms with van der Waals surface area (Å²) < 4.78 is 25.9. The second-order valence-electron chi connectivity index (χ2n) is 12.6. The van der Waals surface area contributed by atoms with E-state index in [2.05, 4.69) is 13.8 Å². The first kappa shape index (κ1) is 36.1. The number of aromatic nitrogens is 3. The summed E-state index contributed by atoms with van der Waals surface area (Å²) in [6.07, 6.45) is 4.66. The number of benzene rings is 3. The van der Waals surface area contributed by atoms with Crippen LogP contribution in [-0.2, 0) is 14.3 Å². The van der Waals surface area contributed by atoms with Crippen molar-refractivity contribution in [2.45, 2.75) is 47.1 Å². The number of ether oxygens (including phenoxy) is 4. The zero-order valence-corrected chi connectivity index (χ0v) is 30.7. The second kappa shape index (κ2) is 15.6. The summed E-state index contributed by atoms with van der Waals surface area (Å²) in [6, 6.07) is 21.5. The summed E-state index contributed by atoms with van der Waals surface area (Å²) in [4.78, 5) is 44.8. The minimum Gasteiger partial charge on any atom is -0.494 e. The van der Waals surface area contributed by atoms with Crippen LogP contribution in [0.3, 0.4) is 0 Å². The maximum Gasteiger partial charge on any atom is 0.338 e. The van der Waals surface area contributed by atoms with Crippen LogP contribution in [0.1, 0.15) is 58.2 Å². The number of carbonyl (C=O) groups is 2. The van der Waals surface area contributed by atoms with Gasteiger partial charge in [0, 0.05) is 24.2 Å². The smallest absolute Gasteiger partial charge is 0.338 e. The average molecular weight is 721 g/mol. The summed E-state index contributed by atoms with van der Waals surface area (Å²) in [6.45, 7) is 9.83. The van der Waals surface area contributed by atoms with Gasteiger partial charge in [-0.3, -0.25) is 14.2 Å². The number of hydrogen-bond acceptors (Lipinski definition) is 10. The molecule has 0 spiro atoms. The molecule has 5 aromatic rings. The molecule has 1 atom stereocenters. The van der Waals surface area contributed by atoms with Crippen LogP contribution in [0.2, 0.25) is 0 Å². The number of para-hydroxylation sites is 1. The molecule has 6 rings (SSSR count). The molecule has 3 heterocycles. The SMILES string of the molecule is CCOC(=O)C1=C(C)N=c2sc(=Cc3cn(-c4ccccc4)nc3-c3ccc(OCCC(C)C)cc3)c(=O)n2C1c1ccc(OC(C)=O)c(OC)c1.